The molecule has 0 aliphatic carbocycles. The van der Waals surface area contributed by atoms with Crippen LogP contribution in [0.15, 0.2) is 24.3 Å². The predicted molar refractivity (Wildman–Crippen MR) is 62.5 cm³/mol. The van der Waals surface area contributed by atoms with Gasteiger partial charge in [0.05, 0.1) is 12.2 Å². The van der Waals surface area contributed by atoms with Gasteiger partial charge in [-0.05, 0) is 12.1 Å². The maximum Gasteiger partial charge on any atom is 0.142 e. The average Bonchev–Trinajstić information content (AvgIpc) is 2.26. The summed E-state index contributed by atoms with van der Waals surface area (Å²) < 4.78 is 5.86. The molecule has 3 nitrogen and oxygen atoms in total. The smallest absolute Gasteiger partial charge is 0.142 e. The molecule has 1 heterocycles. The van der Waals surface area contributed by atoms with E-state index in [1.54, 1.807) is 0 Å². The van der Waals surface area contributed by atoms with Gasteiger partial charge in [0.2, 0.25) is 0 Å². The Bertz CT molecular complexity index is 325. The van der Waals surface area contributed by atoms with Crippen LogP contribution in [0.5, 0.6) is 5.75 Å². The lowest BCUT2D eigenvalue weighted by Gasteiger charge is -2.28. The number of hydrogen-bond donors (Lipinski definition) is 2. The topological polar surface area (TPSA) is 33.3 Å². The Morgan fingerprint density at radius 2 is 2.27 bits per heavy atom. The molecule has 3 heteroatoms. The van der Waals surface area contributed by atoms with Gasteiger partial charge in [0, 0.05) is 12.6 Å². The van der Waals surface area contributed by atoms with Gasteiger partial charge in [0.1, 0.15) is 11.9 Å². The van der Waals surface area contributed by atoms with Gasteiger partial charge in [0.25, 0.3) is 0 Å². The highest BCUT2D eigenvalue weighted by Gasteiger charge is 2.18. The zero-order chi connectivity index (χ0) is 10.7. The fourth-order valence-electron chi connectivity index (χ4n) is 1.64. The van der Waals surface area contributed by atoms with Crippen LogP contribution in [-0.2, 0) is 0 Å². The van der Waals surface area contributed by atoms with Gasteiger partial charge in [-0.2, -0.15) is 0 Å². The van der Waals surface area contributed by atoms with E-state index in [1.165, 1.54) is 0 Å². The van der Waals surface area contributed by atoms with E-state index < -0.39 is 0 Å². The molecule has 1 aromatic rings. The monoisotopic (exact) mass is 206 g/mol. The van der Waals surface area contributed by atoms with Gasteiger partial charge >= 0.3 is 0 Å². The van der Waals surface area contributed by atoms with Gasteiger partial charge in [-0.3, -0.25) is 0 Å². The lowest BCUT2D eigenvalue weighted by molar-refractivity contribution is 0.199. The number of anilines is 1. The lowest BCUT2D eigenvalue weighted by atomic mass is 10.2. The van der Waals surface area contributed by atoms with E-state index in [-0.39, 0.29) is 6.10 Å². The van der Waals surface area contributed by atoms with Crippen LogP contribution >= 0.6 is 0 Å². The van der Waals surface area contributed by atoms with Gasteiger partial charge < -0.3 is 15.4 Å². The molecule has 0 fully saturated rings. The van der Waals surface area contributed by atoms with Crippen LogP contribution in [0.3, 0.4) is 0 Å². The fourth-order valence-corrected chi connectivity index (χ4v) is 1.64. The third-order valence-electron chi connectivity index (χ3n) is 2.45. The molecule has 0 spiro atoms. The Labute approximate surface area is 90.8 Å². The zero-order valence-corrected chi connectivity index (χ0v) is 9.29. The highest BCUT2D eigenvalue weighted by molar-refractivity contribution is 5.57. The molecule has 0 aromatic heterocycles. The second kappa shape index (κ2) is 4.53. The molecule has 82 valence electrons. The number of nitrogens with one attached hydrogen (secondary N) is 2. The zero-order valence-electron chi connectivity index (χ0n) is 9.29. The molecule has 1 aliphatic rings. The Morgan fingerprint density at radius 1 is 1.47 bits per heavy atom. The minimum absolute atomic E-state index is 0.224. The first-order chi connectivity index (χ1) is 7.25. The maximum atomic E-state index is 5.86. The lowest BCUT2D eigenvalue weighted by Crippen LogP contribution is -2.41. The minimum Gasteiger partial charge on any atom is -0.485 e. The van der Waals surface area contributed by atoms with Crippen molar-refractivity contribution in [3.63, 3.8) is 0 Å². The molecule has 1 unspecified atom stereocenters. The van der Waals surface area contributed by atoms with Crippen molar-refractivity contribution in [1.29, 1.82) is 0 Å². The Kier molecular flexibility index (Phi) is 3.11. The second-order valence-electron chi connectivity index (χ2n) is 4.18. The van der Waals surface area contributed by atoms with Crippen LogP contribution in [0.25, 0.3) is 0 Å². The summed E-state index contributed by atoms with van der Waals surface area (Å²) in [5.74, 6) is 0.958. The van der Waals surface area contributed by atoms with E-state index >= 15 is 0 Å². The highest BCUT2D eigenvalue weighted by Crippen LogP contribution is 2.27. The van der Waals surface area contributed by atoms with Crippen molar-refractivity contribution in [3.05, 3.63) is 24.3 Å². The van der Waals surface area contributed by atoms with Crippen molar-refractivity contribution in [1.82, 2.24) is 5.32 Å². The molecule has 0 radical (unpaired) electrons. The summed E-state index contributed by atoms with van der Waals surface area (Å²) in [5.41, 5.74) is 1.10. The number of benzene rings is 1. The molecule has 15 heavy (non-hydrogen) atoms. The molecular formula is C12H18N2O. The summed E-state index contributed by atoms with van der Waals surface area (Å²) in [4.78, 5) is 0. The maximum absolute atomic E-state index is 5.86. The fraction of sp³-hybridized carbons (Fsp3) is 0.500. The third-order valence-corrected chi connectivity index (χ3v) is 2.45. The van der Waals surface area contributed by atoms with Crippen molar-refractivity contribution < 1.29 is 4.74 Å². The molecule has 2 N–H and O–H groups in total. The molecule has 1 atom stereocenters. The largest absolute Gasteiger partial charge is 0.485 e. The third kappa shape index (κ3) is 2.63. The number of rotatable bonds is 3. The van der Waals surface area contributed by atoms with Crippen molar-refractivity contribution in [3.8, 4) is 5.75 Å². The number of hydrogen-bond acceptors (Lipinski definition) is 3. The molecule has 0 saturated heterocycles. The minimum atomic E-state index is 0.224. The quantitative estimate of drug-likeness (QED) is 0.792. The Morgan fingerprint density at radius 3 is 3.07 bits per heavy atom. The van der Waals surface area contributed by atoms with Crippen molar-refractivity contribution >= 4 is 5.69 Å². The van der Waals surface area contributed by atoms with E-state index in [9.17, 15) is 0 Å². The predicted octanol–water partition coefficient (Wildman–Crippen LogP) is 1.86. The van der Waals surface area contributed by atoms with Gasteiger partial charge in [-0.1, -0.05) is 26.0 Å². The molecule has 0 saturated carbocycles. The highest BCUT2D eigenvalue weighted by atomic mass is 16.5. The number of para-hydroxylation sites is 2. The Balaban J connectivity index is 1.94. The average molecular weight is 206 g/mol. The normalized spacial score (nSPS) is 19.3. The van der Waals surface area contributed by atoms with Crippen LogP contribution in [0.2, 0.25) is 0 Å². The summed E-state index contributed by atoms with van der Waals surface area (Å²) in [6.07, 6.45) is 0.224. The van der Waals surface area contributed by atoms with E-state index in [0.29, 0.717) is 6.04 Å². The number of fused-ring (bicyclic) bond motifs is 1. The van der Waals surface area contributed by atoms with Gasteiger partial charge in [0.15, 0.2) is 0 Å². The first-order valence-electron chi connectivity index (χ1n) is 5.48. The van der Waals surface area contributed by atoms with Crippen molar-refractivity contribution in [2.24, 2.45) is 0 Å². The molecule has 1 aromatic carbocycles. The first kappa shape index (κ1) is 10.3. The van der Waals surface area contributed by atoms with Crippen LogP contribution < -0.4 is 15.4 Å². The number of ether oxygens (including phenoxy) is 1. The summed E-state index contributed by atoms with van der Waals surface area (Å²) in [7, 11) is 0. The second-order valence-corrected chi connectivity index (χ2v) is 4.18. The van der Waals surface area contributed by atoms with E-state index in [4.69, 9.17) is 4.74 Å². The first-order valence-corrected chi connectivity index (χ1v) is 5.48. The van der Waals surface area contributed by atoms with E-state index in [1.807, 2.05) is 24.3 Å². The summed E-state index contributed by atoms with van der Waals surface area (Å²) >= 11 is 0. The van der Waals surface area contributed by atoms with Gasteiger partial charge in [-0.25, -0.2) is 0 Å². The summed E-state index contributed by atoms with van der Waals surface area (Å²) in [6.45, 7) is 6.05. The van der Waals surface area contributed by atoms with E-state index in [2.05, 4.69) is 24.5 Å². The summed E-state index contributed by atoms with van der Waals surface area (Å²) in [6, 6.07) is 8.57. The summed E-state index contributed by atoms with van der Waals surface area (Å²) in [5, 5.41) is 6.75. The Hall–Kier alpha value is -1.22. The van der Waals surface area contributed by atoms with E-state index in [0.717, 1.165) is 24.5 Å². The van der Waals surface area contributed by atoms with Crippen LogP contribution in [0.4, 0.5) is 5.69 Å². The van der Waals surface area contributed by atoms with Crippen LogP contribution in [0, 0.1) is 0 Å². The molecule has 0 bridgehead atoms. The van der Waals surface area contributed by atoms with Crippen LogP contribution in [-0.4, -0.2) is 25.2 Å². The molecule has 1 aliphatic heterocycles. The SMILES string of the molecule is CC(C)NCC1CNc2ccccc2O1. The standard InChI is InChI=1S/C12H18N2O/c1-9(2)13-7-10-8-14-11-5-3-4-6-12(11)15-10/h3-6,9-10,13-14H,7-8H2,1-2H3. The van der Waals surface area contributed by atoms with Crippen molar-refractivity contribution in [2.75, 3.05) is 18.4 Å². The molecule has 0 amide bonds. The van der Waals surface area contributed by atoms with Gasteiger partial charge in [-0.15, -0.1) is 0 Å². The van der Waals surface area contributed by atoms with Crippen molar-refractivity contribution in [2.45, 2.75) is 26.0 Å². The van der Waals surface area contributed by atoms with Crippen LogP contribution in [0.1, 0.15) is 13.8 Å². The molecular weight excluding hydrogens is 188 g/mol. The molecule has 2 rings (SSSR count).